The van der Waals surface area contributed by atoms with Gasteiger partial charge in [0.25, 0.3) is 0 Å². The lowest BCUT2D eigenvalue weighted by Gasteiger charge is -2.34. The van der Waals surface area contributed by atoms with Crippen LogP contribution in [-0.4, -0.2) is 34.6 Å². The standard InChI is InChI=1S/C18H20N2O6/c21-15(13(19-17(23)24)11-7-3-1-4-8-11)16(22)14(20-18(25)26)12-9-5-2-6-10-12/h1-10,13-16,19-22H,(H,23,24)(H,25,26)/p-2. The Hall–Kier alpha value is -3.10. The summed E-state index contributed by atoms with van der Waals surface area (Å²) < 4.78 is 0. The summed E-state index contributed by atoms with van der Waals surface area (Å²) >= 11 is 0. The first-order valence-electron chi connectivity index (χ1n) is 7.81. The summed E-state index contributed by atoms with van der Waals surface area (Å²) in [6.45, 7) is 0. The second kappa shape index (κ2) is 8.84. The van der Waals surface area contributed by atoms with Gasteiger partial charge in [-0.05, 0) is 11.1 Å². The van der Waals surface area contributed by atoms with Gasteiger partial charge < -0.3 is 40.6 Å². The van der Waals surface area contributed by atoms with Crippen LogP contribution in [-0.2, 0) is 0 Å². The van der Waals surface area contributed by atoms with E-state index in [0.29, 0.717) is 11.1 Å². The lowest BCUT2D eigenvalue weighted by Crippen LogP contribution is -2.52. The fraction of sp³-hybridized carbons (Fsp3) is 0.222. The van der Waals surface area contributed by atoms with Crippen molar-refractivity contribution >= 4 is 12.2 Å². The molecule has 2 rings (SSSR count). The molecule has 0 aromatic heterocycles. The van der Waals surface area contributed by atoms with Crippen molar-refractivity contribution < 1.29 is 30.0 Å². The van der Waals surface area contributed by atoms with Gasteiger partial charge in [-0.2, -0.15) is 0 Å². The molecule has 0 saturated carbocycles. The van der Waals surface area contributed by atoms with E-state index in [-0.39, 0.29) is 0 Å². The number of nitrogens with one attached hydrogen (secondary N) is 2. The predicted octanol–water partition coefficient (Wildman–Crippen LogP) is -0.943. The molecule has 0 aliphatic heterocycles. The van der Waals surface area contributed by atoms with Crippen LogP contribution in [0.15, 0.2) is 60.7 Å². The third-order valence-corrected chi connectivity index (χ3v) is 3.90. The lowest BCUT2D eigenvalue weighted by atomic mass is 9.90. The molecule has 4 atom stereocenters. The SMILES string of the molecule is O=C([O-])NC(c1ccccc1)C(O)C(O)C(NC(=O)[O-])c1ccccc1. The van der Waals surface area contributed by atoms with E-state index >= 15 is 0 Å². The molecule has 0 aliphatic carbocycles. The number of aliphatic hydroxyl groups excluding tert-OH is 2. The van der Waals surface area contributed by atoms with Crippen molar-refractivity contribution in [3.8, 4) is 0 Å². The van der Waals surface area contributed by atoms with Gasteiger partial charge in [-0.25, -0.2) is 0 Å². The van der Waals surface area contributed by atoms with Crippen molar-refractivity contribution in [2.75, 3.05) is 0 Å². The van der Waals surface area contributed by atoms with Gasteiger partial charge in [0.1, 0.15) is 24.4 Å². The molecule has 4 unspecified atom stereocenters. The Morgan fingerprint density at radius 1 is 0.692 bits per heavy atom. The molecule has 2 aromatic rings. The average Bonchev–Trinajstić information content (AvgIpc) is 2.64. The van der Waals surface area contributed by atoms with Gasteiger partial charge in [0.05, 0.1) is 12.1 Å². The van der Waals surface area contributed by atoms with Crippen molar-refractivity contribution in [3.05, 3.63) is 71.8 Å². The normalized spacial score (nSPS) is 15.3. The summed E-state index contributed by atoms with van der Waals surface area (Å²) in [6, 6.07) is 13.7. The second-order valence-corrected chi connectivity index (χ2v) is 5.62. The van der Waals surface area contributed by atoms with Crippen LogP contribution >= 0.6 is 0 Å². The number of carbonyl (C=O) groups excluding carboxylic acids is 2. The second-order valence-electron chi connectivity index (χ2n) is 5.62. The zero-order valence-corrected chi connectivity index (χ0v) is 13.6. The Morgan fingerprint density at radius 3 is 1.27 bits per heavy atom. The number of benzene rings is 2. The van der Waals surface area contributed by atoms with E-state index in [9.17, 15) is 30.0 Å². The van der Waals surface area contributed by atoms with E-state index < -0.39 is 36.5 Å². The molecule has 8 nitrogen and oxygen atoms in total. The molecule has 0 spiro atoms. The number of amides is 2. The largest absolute Gasteiger partial charge is 0.530 e. The van der Waals surface area contributed by atoms with Crippen LogP contribution < -0.4 is 20.8 Å². The van der Waals surface area contributed by atoms with Crippen LogP contribution in [0.4, 0.5) is 9.59 Å². The van der Waals surface area contributed by atoms with E-state index in [2.05, 4.69) is 0 Å². The molecule has 0 fully saturated rings. The van der Waals surface area contributed by atoms with E-state index in [1.807, 2.05) is 10.6 Å². The lowest BCUT2D eigenvalue weighted by molar-refractivity contribution is -0.255. The molecule has 4 N–H and O–H groups in total. The minimum atomic E-state index is -1.67. The van der Waals surface area contributed by atoms with Gasteiger partial charge in [-0.1, -0.05) is 60.7 Å². The van der Waals surface area contributed by atoms with Crippen LogP contribution in [0, 0.1) is 0 Å². The first-order chi connectivity index (χ1) is 12.4. The van der Waals surface area contributed by atoms with Gasteiger partial charge in [-0.15, -0.1) is 0 Å². The molecule has 8 heteroatoms. The molecule has 0 saturated heterocycles. The number of hydrogen-bond acceptors (Lipinski definition) is 6. The highest BCUT2D eigenvalue weighted by Gasteiger charge is 2.34. The predicted molar refractivity (Wildman–Crippen MR) is 87.4 cm³/mol. The van der Waals surface area contributed by atoms with E-state index in [0.717, 1.165) is 0 Å². The number of carboxylic acid groups (broad SMARTS) is 2. The average molecular weight is 358 g/mol. The molecule has 0 heterocycles. The first kappa shape index (κ1) is 19.2. The summed E-state index contributed by atoms with van der Waals surface area (Å²) in [5, 5.41) is 47.2. The van der Waals surface area contributed by atoms with E-state index in [1.54, 1.807) is 60.7 Å². The zero-order chi connectivity index (χ0) is 19.1. The zero-order valence-electron chi connectivity index (χ0n) is 13.6. The Morgan fingerprint density at radius 2 is 1.00 bits per heavy atom. The summed E-state index contributed by atoms with van der Waals surface area (Å²) in [7, 11) is 0. The maximum Gasteiger partial charge on any atom is 0.134 e. The molecular weight excluding hydrogens is 340 g/mol. The highest BCUT2D eigenvalue weighted by Crippen LogP contribution is 2.26. The molecule has 26 heavy (non-hydrogen) atoms. The van der Waals surface area contributed by atoms with Gasteiger partial charge in [0, 0.05) is 0 Å². The maximum absolute atomic E-state index is 11.0. The van der Waals surface area contributed by atoms with Crippen molar-refractivity contribution in [1.29, 1.82) is 0 Å². The maximum atomic E-state index is 11.0. The smallest absolute Gasteiger partial charge is 0.134 e. The molecule has 0 radical (unpaired) electrons. The third kappa shape index (κ3) is 4.95. The molecular formula is C18H18N2O6-2. The summed E-state index contributed by atoms with van der Waals surface area (Å²) in [5.41, 5.74) is 0.757. The number of rotatable bonds is 7. The van der Waals surface area contributed by atoms with Crippen LogP contribution in [0.1, 0.15) is 23.2 Å². The van der Waals surface area contributed by atoms with Crippen molar-refractivity contribution in [2.45, 2.75) is 24.3 Å². The Bertz CT molecular complexity index is 661. The van der Waals surface area contributed by atoms with Crippen molar-refractivity contribution in [3.63, 3.8) is 0 Å². The van der Waals surface area contributed by atoms with Gasteiger partial charge >= 0.3 is 0 Å². The quantitative estimate of drug-likeness (QED) is 0.502. The van der Waals surface area contributed by atoms with Crippen LogP contribution in [0.5, 0.6) is 0 Å². The first-order valence-corrected chi connectivity index (χ1v) is 7.81. The van der Waals surface area contributed by atoms with Crippen LogP contribution in [0.2, 0.25) is 0 Å². The highest BCUT2D eigenvalue weighted by molar-refractivity contribution is 5.63. The Balaban J connectivity index is 2.33. The third-order valence-electron chi connectivity index (χ3n) is 3.90. The summed E-state index contributed by atoms with van der Waals surface area (Å²) in [6.07, 6.45) is -6.64. The number of aliphatic hydroxyl groups is 2. The molecule has 2 amide bonds. The number of hydrogen-bond donors (Lipinski definition) is 4. The van der Waals surface area contributed by atoms with Gasteiger partial charge in [0.15, 0.2) is 0 Å². The fourth-order valence-corrected chi connectivity index (χ4v) is 2.70. The fourth-order valence-electron chi connectivity index (χ4n) is 2.70. The highest BCUT2D eigenvalue weighted by atomic mass is 16.4. The molecule has 0 aliphatic rings. The van der Waals surface area contributed by atoms with Crippen LogP contribution in [0.3, 0.4) is 0 Å². The summed E-state index contributed by atoms with van der Waals surface area (Å²) in [4.78, 5) is 22.0. The molecule has 138 valence electrons. The van der Waals surface area contributed by atoms with E-state index in [4.69, 9.17) is 0 Å². The Kier molecular flexibility index (Phi) is 6.54. The van der Waals surface area contributed by atoms with Gasteiger partial charge in [-0.3, -0.25) is 0 Å². The minimum Gasteiger partial charge on any atom is -0.530 e. The van der Waals surface area contributed by atoms with Crippen LogP contribution in [0.25, 0.3) is 0 Å². The monoisotopic (exact) mass is 358 g/mol. The molecule has 0 bridgehead atoms. The summed E-state index contributed by atoms with van der Waals surface area (Å²) in [5.74, 6) is 0. The number of carbonyl (C=O) groups is 2. The van der Waals surface area contributed by atoms with Crippen molar-refractivity contribution in [1.82, 2.24) is 10.6 Å². The molecule has 2 aromatic carbocycles. The Labute approximate surface area is 149 Å². The van der Waals surface area contributed by atoms with Gasteiger partial charge in [0.2, 0.25) is 0 Å². The minimum absolute atomic E-state index is 0.378. The van der Waals surface area contributed by atoms with Crippen molar-refractivity contribution in [2.24, 2.45) is 0 Å². The topological polar surface area (TPSA) is 145 Å². The van der Waals surface area contributed by atoms with E-state index in [1.165, 1.54) is 0 Å².